The van der Waals surface area contributed by atoms with E-state index in [2.05, 4.69) is 5.32 Å². The van der Waals surface area contributed by atoms with Crippen molar-refractivity contribution in [2.45, 2.75) is 25.1 Å². The number of rotatable bonds is 5. The van der Waals surface area contributed by atoms with Crippen LogP contribution < -0.4 is 11.1 Å². The molecule has 0 bridgehead atoms. The molecule has 0 spiro atoms. The van der Waals surface area contributed by atoms with Gasteiger partial charge in [0, 0.05) is 22.5 Å². The highest BCUT2D eigenvalue weighted by molar-refractivity contribution is 7.99. The van der Waals surface area contributed by atoms with Gasteiger partial charge in [-0.15, -0.1) is 0 Å². The summed E-state index contributed by atoms with van der Waals surface area (Å²) in [4.78, 5) is 12.0. The maximum absolute atomic E-state index is 12.0. The van der Waals surface area contributed by atoms with Crippen LogP contribution in [0.1, 0.15) is 22.8 Å². The van der Waals surface area contributed by atoms with Gasteiger partial charge in [0.2, 0.25) is 0 Å². The predicted molar refractivity (Wildman–Crippen MR) is 76.9 cm³/mol. The fourth-order valence-corrected chi connectivity index (χ4v) is 2.26. The minimum absolute atomic E-state index is 0.00355. The van der Waals surface area contributed by atoms with Gasteiger partial charge in [0.05, 0.1) is 6.61 Å². The molecule has 0 aliphatic carbocycles. The van der Waals surface area contributed by atoms with Crippen molar-refractivity contribution in [2.24, 2.45) is 0 Å². The van der Waals surface area contributed by atoms with E-state index < -0.39 is 0 Å². The first-order valence-electron chi connectivity index (χ1n) is 5.80. The highest BCUT2D eigenvalue weighted by atomic mass is 32.2. The molecule has 0 aromatic heterocycles. The van der Waals surface area contributed by atoms with Crippen LogP contribution in [0.5, 0.6) is 0 Å². The molecule has 5 heteroatoms. The minimum atomic E-state index is -0.141. The molecule has 0 aliphatic heterocycles. The summed E-state index contributed by atoms with van der Waals surface area (Å²) < 4.78 is 0. The van der Waals surface area contributed by atoms with Crippen LogP contribution in [0.3, 0.4) is 0 Å². The van der Waals surface area contributed by atoms with E-state index in [9.17, 15) is 9.90 Å². The number of aryl methyl sites for hydroxylation is 1. The summed E-state index contributed by atoms with van der Waals surface area (Å²) in [5, 5.41) is 12.1. The first-order valence-corrected chi connectivity index (χ1v) is 7.09. The van der Waals surface area contributed by atoms with Gasteiger partial charge in [0.15, 0.2) is 0 Å². The molecule has 0 fully saturated rings. The number of hydrogen-bond acceptors (Lipinski definition) is 4. The summed E-state index contributed by atoms with van der Waals surface area (Å²) in [7, 11) is 0. The van der Waals surface area contributed by atoms with Crippen LogP contribution in [0, 0.1) is 6.92 Å². The van der Waals surface area contributed by atoms with E-state index in [0.717, 1.165) is 5.56 Å². The number of hydrogen-bond donors (Lipinski definition) is 3. The van der Waals surface area contributed by atoms with E-state index >= 15 is 0 Å². The molecule has 0 saturated heterocycles. The van der Waals surface area contributed by atoms with Gasteiger partial charge in [-0.05, 0) is 43.9 Å². The van der Waals surface area contributed by atoms with Crippen molar-refractivity contribution in [3.8, 4) is 0 Å². The fraction of sp³-hybridized carbons (Fsp3) is 0.462. The topological polar surface area (TPSA) is 75.3 Å². The van der Waals surface area contributed by atoms with Gasteiger partial charge in [0.1, 0.15) is 0 Å². The van der Waals surface area contributed by atoms with Gasteiger partial charge in [0.25, 0.3) is 5.91 Å². The maximum atomic E-state index is 12.0. The average molecular weight is 268 g/mol. The molecule has 1 amide bonds. The highest BCUT2D eigenvalue weighted by Gasteiger charge is 2.18. The largest absolute Gasteiger partial charge is 0.399 e. The number of thioether (sulfide) groups is 1. The molecule has 2 unspecified atom stereocenters. The predicted octanol–water partition coefficient (Wildman–Crippen LogP) is 1.42. The number of aliphatic hydroxyl groups excluding tert-OH is 1. The summed E-state index contributed by atoms with van der Waals surface area (Å²) in [6, 6.07) is 5.12. The zero-order chi connectivity index (χ0) is 13.7. The number of aliphatic hydroxyl groups is 1. The number of carbonyl (C=O) groups excluding carboxylic acids is 1. The van der Waals surface area contributed by atoms with Gasteiger partial charge in [-0.25, -0.2) is 0 Å². The Hall–Kier alpha value is -1.20. The molecule has 1 rings (SSSR count). The van der Waals surface area contributed by atoms with Crippen molar-refractivity contribution >= 4 is 23.4 Å². The lowest BCUT2D eigenvalue weighted by Gasteiger charge is -2.21. The molecule has 1 aromatic rings. The lowest BCUT2D eigenvalue weighted by atomic mass is 10.1. The summed E-state index contributed by atoms with van der Waals surface area (Å²) in [6.45, 7) is 3.80. The van der Waals surface area contributed by atoms with Gasteiger partial charge in [-0.2, -0.15) is 11.8 Å². The smallest absolute Gasteiger partial charge is 0.251 e. The number of nitrogen functional groups attached to an aromatic ring is 1. The standard InChI is InChI=1S/C13H20N2O2S/c1-8-6-10(4-5-11(8)14)13(17)15-9(2)12(7-16)18-3/h4-6,9,12,16H,7,14H2,1-3H3,(H,15,17). The summed E-state index contributed by atoms with van der Waals surface area (Å²) in [5.41, 5.74) is 7.87. The Labute approximate surface area is 112 Å². The van der Waals surface area contributed by atoms with Crippen molar-refractivity contribution < 1.29 is 9.90 Å². The van der Waals surface area contributed by atoms with E-state index in [1.54, 1.807) is 18.2 Å². The van der Waals surface area contributed by atoms with Gasteiger partial charge in [-0.1, -0.05) is 0 Å². The number of nitrogens with one attached hydrogen (secondary N) is 1. The molecule has 0 heterocycles. The first-order chi connectivity index (χ1) is 8.49. The van der Waals surface area contributed by atoms with Gasteiger partial charge >= 0.3 is 0 Å². The first kappa shape index (κ1) is 14.9. The molecule has 1 aromatic carbocycles. The Morgan fingerprint density at radius 3 is 2.72 bits per heavy atom. The minimum Gasteiger partial charge on any atom is -0.399 e. The summed E-state index contributed by atoms with van der Waals surface area (Å²) >= 11 is 1.54. The third-order valence-corrected chi connectivity index (χ3v) is 4.09. The van der Waals surface area contributed by atoms with Crippen LogP contribution in [-0.4, -0.2) is 35.2 Å². The van der Waals surface area contributed by atoms with Crippen molar-refractivity contribution in [3.05, 3.63) is 29.3 Å². The lowest BCUT2D eigenvalue weighted by molar-refractivity contribution is 0.0936. The molecule has 0 aliphatic rings. The monoisotopic (exact) mass is 268 g/mol. The quantitative estimate of drug-likeness (QED) is 0.706. The summed E-state index contributed by atoms with van der Waals surface area (Å²) in [5.74, 6) is -0.141. The van der Waals surface area contributed by atoms with Crippen LogP contribution in [0.25, 0.3) is 0 Å². The molecule has 4 N–H and O–H groups in total. The van der Waals surface area contributed by atoms with E-state index in [1.165, 1.54) is 11.8 Å². The molecular formula is C13H20N2O2S. The molecule has 18 heavy (non-hydrogen) atoms. The van der Waals surface area contributed by atoms with Crippen molar-refractivity contribution in [1.82, 2.24) is 5.32 Å². The Kier molecular flexibility index (Phi) is 5.50. The third-order valence-electron chi connectivity index (χ3n) is 2.93. The van der Waals surface area contributed by atoms with E-state index in [0.29, 0.717) is 11.3 Å². The van der Waals surface area contributed by atoms with Crippen molar-refractivity contribution in [3.63, 3.8) is 0 Å². The van der Waals surface area contributed by atoms with E-state index in [4.69, 9.17) is 5.73 Å². The Balaban J connectivity index is 2.73. The average Bonchev–Trinajstić information content (AvgIpc) is 2.34. The third kappa shape index (κ3) is 3.65. The highest BCUT2D eigenvalue weighted by Crippen LogP contribution is 2.14. The zero-order valence-electron chi connectivity index (χ0n) is 10.9. The zero-order valence-corrected chi connectivity index (χ0v) is 11.8. The molecule has 0 radical (unpaired) electrons. The van der Waals surface area contributed by atoms with E-state index in [-0.39, 0.29) is 23.8 Å². The maximum Gasteiger partial charge on any atom is 0.251 e. The van der Waals surface area contributed by atoms with Gasteiger partial charge < -0.3 is 16.2 Å². The number of amides is 1. The number of benzene rings is 1. The molecule has 2 atom stereocenters. The molecule has 0 saturated carbocycles. The van der Waals surface area contributed by atoms with E-state index in [1.807, 2.05) is 20.1 Å². The van der Waals surface area contributed by atoms with Crippen LogP contribution in [-0.2, 0) is 0 Å². The van der Waals surface area contributed by atoms with Crippen molar-refractivity contribution in [1.29, 1.82) is 0 Å². The van der Waals surface area contributed by atoms with Crippen molar-refractivity contribution in [2.75, 3.05) is 18.6 Å². The Morgan fingerprint density at radius 1 is 1.56 bits per heavy atom. The van der Waals surface area contributed by atoms with Crippen LogP contribution >= 0.6 is 11.8 Å². The second-order valence-electron chi connectivity index (χ2n) is 4.29. The van der Waals surface area contributed by atoms with Crippen LogP contribution in [0.15, 0.2) is 18.2 Å². The molecule has 4 nitrogen and oxygen atoms in total. The SMILES string of the molecule is CSC(CO)C(C)NC(=O)c1ccc(N)c(C)c1. The van der Waals surface area contributed by atoms with Crippen LogP contribution in [0.2, 0.25) is 0 Å². The normalized spacial score (nSPS) is 14.0. The number of carbonyl (C=O) groups is 1. The Morgan fingerprint density at radius 2 is 2.22 bits per heavy atom. The number of nitrogens with two attached hydrogens (primary N) is 1. The second kappa shape index (κ2) is 6.66. The van der Waals surface area contributed by atoms with Crippen LogP contribution in [0.4, 0.5) is 5.69 Å². The molecular weight excluding hydrogens is 248 g/mol. The van der Waals surface area contributed by atoms with Gasteiger partial charge in [-0.3, -0.25) is 4.79 Å². The fourth-order valence-electron chi connectivity index (χ4n) is 1.64. The Bertz CT molecular complexity index is 419. The summed E-state index contributed by atoms with van der Waals surface area (Å²) in [6.07, 6.45) is 1.91. The number of anilines is 1. The molecule has 100 valence electrons. The lowest BCUT2D eigenvalue weighted by Crippen LogP contribution is -2.41. The second-order valence-corrected chi connectivity index (χ2v) is 5.37.